The zero-order valence-corrected chi connectivity index (χ0v) is 19.9. The highest BCUT2D eigenvalue weighted by Gasteiger charge is 3.01. The van der Waals surface area contributed by atoms with Crippen LogP contribution < -0.4 is 5.73 Å². The summed E-state index contributed by atoms with van der Waals surface area (Å²) in [6, 6.07) is -0.704. The lowest BCUT2D eigenvalue weighted by Gasteiger charge is -2.53. The average Bonchev–Trinajstić information content (AvgIpc) is 3.66. The summed E-state index contributed by atoms with van der Waals surface area (Å²) in [5.74, 6) is -0.329. The van der Waals surface area contributed by atoms with Crippen LogP contribution in [-0.2, 0) is 33.3 Å². The van der Waals surface area contributed by atoms with Crippen molar-refractivity contribution < 1.29 is 33.3 Å². The number of ether oxygens (including phenoxy) is 5. The van der Waals surface area contributed by atoms with Crippen LogP contribution in [0.3, 0.4) is 0 Å². The summed E-state index contributed by atoms with van der Waals surface area (Å²) in [5, 5.41) is 0. The van der Waals surface area contributed by atoms with Gasteiger partial charge in [0.15, 0.2) is 11.7 Å². The maximum atomic E-state index is 13.1. The van der Waals surface area contributed by atoms with Gasteiger partial charge in [-0.25, -0.2) is 4.79 Å². The molecule has 0 aromatic rings. The number of cyclic esters (lactones) is 1. The molecule has 8 nitrogen and oxygen atoms in total. The molecule has 7 aliphatic rings. The van der Waals surface area contributed by atoms with Gasteiger partial charge in [0, 0.05) is 11.0 Å². The van der Waals surface area contributed by atoms with E-state index in [9.17, 15) is 9.59 Å². The number of esters is 2. The molecule has 0 radical (unpaired) electrons. The Hall–Kier alpha value is -1.48. The predicted octanol–water partition coefficient (Wildman–Crippen LogP) is 1.64. The summed E-state index contributed by atoms with van der Waals surface area (Å²) < 4.78 is 31.4. The molecule has 4 heterocycles. The molecule has 10 atom stereocenters. The van der Waals surface area contributed by atoms with Crippen LogP contribution in [0.2, 0.25) is 0 Å². The molecule has 5 fully saturated rings. The molecule has 0 bridgehead atoms. The Balaban J connectivity index is 1.32. The van der Waals surface area contributed by atoms with Gasteiger partial charge in [-0.1, -0.05) is 34.6 Å². The summed E-state index contributed by atoms with van der Waals surface area (Å²) in [4.78, 5) is 25.4. The lowest BCUT2D eigenvalue weighted by Crippen LogP contribution is -2.70. The minimum Gasteiger partial charge on any atom is -0.458 e. The van der Waals surface area contributed by atoms with Gasteiger partial charge in [-0.2, -0.15) is 0 Å². The third kappa shape index (κ3) is 2.03. The summed E-state index contributed by atoms with van der Waals surface area (Å²) in [6.07, 6.45) is 1.37. The number of carbonyl (C=O) groups excluding carboxylic acids is 2. The number of epoxide rings is 3. The minimum absolute atomic E-state index is 0.0313. The SMILES string of the molecule is CC(C)[C@@H](N)C(=O)O[C@@H]1[C@@]2(C(C)C)O[C@H]2[C@@H]2O[C@]23[C@]12O[C@H]2C[C@H]1C2=C(CC[C@@]13C)C(=O)OC2. The Kier molecular flexibility index (Phi) is 3.69. The quantitative estimate of drug-likeness (QED) is 0.498. The van der Waals surface area contributed by atoms with Crippen molar-refractivity contribution in [3.63, 3.8) is 0 Å². The lowest BCUT2D eigenvalue weighted by atomic mass is 9.46. The number of fused-ring (bicyclic) bond motifs is 4. The third-order valence-electron chi connectivity index (χ3n) is 10.3. The Bertz CT molecular complexity index is 1020. The Morgan fingerprint density at radius 3 is 2.61 bits per heavy atom. The first-order valence-corrected chi connectivity index (χ1v) is 12.4. The highest BCUT2D eigenvalue weighted by Crippen LogP contribution is 2.83. The monoisotopic (exact) mass is 459 g/mol. The van der Waals surface area contributed by atoms with Crippen LogP contribution in [0.5, 0.6) is 0 Å². The van der Waals surface area contributed by atoms with E-state index in [2.05, 4.69) is 20.8 Å². The number of rotatable bonds is 4. The largest absolute Gasteiger partial charge is 0.458 e. The van der Waals surface area contributed by atoms with Crippen molar-refractivity contribution in [1.82, 2.24) is 0 Å². The lowest BCUT2D eigenvalue weighted by molar-refractivity contribution is -0.171. The Labute approximate surface area is 193 Å². The van der Waals surface area contributed by atoms with E-state index in [1.807, 2.05) is 13.8 Å². The molecule has 2 N–H and O–H groups in total. The second-order valence-corrected chi connectivity index (χ2v) is 12.1. The number of carbonyl (C=O) groups is 2. The van der Waals surface area contributed by atoms with E-state index in [-0.39, 0.29) is 47.4 Å². The zero-order chi connectivity index (χ0) is 23.3. The topological polar surface area (TPSA) is 116 Å². The van der Waals surface area contributed by atoms with Crippen LogP contribution in [0.15, 0.2) is 11.1 Å². The summed E-state index contributed by atoms with van der Waals surface area (Å²) in [7, 11) is 0. The molecular formula is C25H33NO7. The van der Waals surface area contributed by atoms with Crippen molar-refractivity contribution in [1.29, 1.82) is 0 Å². The molecule has 3 saturated heterocycles. The second kappa shape index (κ2) is 5.83. The van der Waals surface area contributed by atoms with Gasteiger partial charge in [-0.15, -0.1) is 0 Å². The van der Waals surface area contributed by atoms with Gasteiger partial charge in [0.1, 0.15) is 36.1 Å². The average molecular weight is 460 g/mol. The number of hydrogen-bond acceptors (Lipinski definition) is 8. The van der Waals surface area contributed by atoms with Crippen molar-refractivity contribution in [2.24, 2.45) is 28.9 Å². The zero-order valence-electron chi connectivity index (χ0n) is 19.9. The van der Waals surface area contributed by atoms with Crippen LogP contribution in [-0.4, -0.2) is 65.8 Å². The van der Waals surface area contributed by atoms with E-state index in [0.717, 1.165) is 24.0 Å². The first-order valence-electron chi connectivity index (χ1n) is 12.4. The molecule has 8 heteroatoms. The first kappa shape index (κ1) is 20.9. The van der Waals surface area contributed by atoms with E-state index in [1.165, 1.54) is 0 Å². The van der Waals surface area contributed by atoms with Crippen molar-refractivity contribution in [3.8, 4) is 0 Å². The van der Waals surface area contributed by atoms with Gasteiger partial charge < -0.3 is 29.4 Å². The smallest absolute Gasteiger partial charge is 0.334 e. The van der Waals surface area contributed by atoms with Gasteiger partial charge in [-0.3, -0.25) is 4.79 Å². The van der Waals surface area contributed by atoms with Crippen molar-refractivity contribution in [2.45, 2.75) is 101 Å². The van der Waals surface area contributed by atoms with E-state index in [4.69, 9.17) is 29.4 Å². The van der Waals surface area contributed by atoms with E-state index >= 15 is 0 Å². The first-order chi connectivity index (χ1) is 15.6. The molecule has 180 valence electrons. The van der Waals surface area contributed by atoms with Gasteiger partial charge in [0.2, 0.25) is 0 Å². The molecule has 33 heavy (non-hydrogen) atoms. The second-order valence-electron chi connectivity index (χ2n) is 12.1. The van der Waals surface area contributed by atoms with Crippen LogP contribution in [0.1, 0.15) is 53.9 Å². The Morgan fingerprint density at radius 1 is 1.15 bits per heavy atom. The molecule has 0 aromatic carbocycles. The van der Waals surface area contributed by atoms with Gasteiger partial charge >= 0.3 is 11.9 Å². The van der Waals surface area contributed by atoms with Gasteiger partial charge in [0.05, 0.1) is 6.10 Å². The van der Waals surface area contributed by atoms with Crippen molar-refractivity contribution in [2.75, 3.05) is 6.61 Å². The molecular weight excluding hydrogens is 426 g/mol. The summed E-state index contributed by atoms with van der Waals surface area (Å²) in [6.45, 7) is 10.7. The standard InChI is InChI=1S/C25H33NO7/c1-10(2)16(26)20(28)30-21-23(11(3)4)17(32-23)18-25(33-18)22(5)7-6-12-13(9-29-19(12)27)14(22)8-15-24(21,25)31-15/h10-11,14-18,21H,6-9,26H2,1-5H3/t14-,15-,16+,17-,18-,21+,22-,23-,24+,25+/m0/s1. The molecule has 2 spiro atoms. The molecule has 3 aliphatic carbocycles. The predicted molar refractivity (Wildman–Crippen MR) is 114 cm³/mol. The minimum atomic E-state index is -0.728. The number of nitrogens with two attached hydrogens (primary N) is 1. The molecule has 2 saturated carbocycles. The van der Waals surface area contributed by atoms with Crippen LogP contribution in [0.25, 0.3) is 0 Å². The fourth-order valence-electron chi connectivity index (χ4n) is 8.31. The number of hydrogen-bond donors (Lipinski definition) is 1. The molecule has 4 aliphatic heterocycles. The van der Waals surface area contributed by atoms with E-state index < -0.39 is 34.9 Å². The van der Waals surface area contributed by atoms with Gasteiger partial charge in [-0.05, 0) is 42.6 Å². The fraction of sp³-hybridized carbons (Fsp3) is 0.840. The normalized spacial score (nSPS) is 53.2. The molecule has 7 rings (SSSR count). The highest BCUT2D eigenvalue weighted by molar-refractivity contribution is 5.92. The van der Waals surface area contributed by atoms with Crippen LogP contribution in [0.4, 0.5) is 0 Å². The molecule has 0 unspecified atom stereocenters. The highest BCUT2D eigenvalue weighted by atomic mass is 16.8. The maximum absolute atomic E-state index is 13.1. The Morgan fingerprint density at radius 2 is 1.91 bits per heavy atom. The fourth-order valence-corrected chi connectivity index (χ4v) is 8.31. The van der Waals surface area contributed by atoms with E-state index in [1.54, 1.807) is 0 Å². The van der Waals surface area contributed by atoms with Crippen molar-refractivity contribution >= 4 is 11.9 Å². The molecule has 0 amide bonds. The summed E-state index contributed by atoms with van der Waals surface area (Å²) in [5.41, 5.74) is 5.97. The maximum Gasteiger partial charge on any atom is 0.334 e. The third-order valence-corrected chi connectivity index (χ3v) is 10.3. The molecule has 0 aromatic heterocycles. The van der Waals surface area contributed by atoms with Crippen molar-refractivity contribution in [3.05, 3.63) is 11.1 Å². The van der Waals surface area contributed by atoms with Crippen LogP contribution >= 0.6 is 0 Å². The van der Waals surface area contributed by atoms with E-state index in [0.29, 0.717) is 13.0 Å². The summed E-state index contributed by atoms with van der Waals surface area (Å²) >= 11 is 0. The van der Waals surface area contributed by atoms with Crippen LogP contribution in [0, 0.1) is 23.2 Å². The van der Waals surface area contributed by atoms with Gasteiger partial charge in [0.25, 0.3) is 0 Å².